The van der Waals surface area contributed by atoms with Crippen LogP contribution in [0.15, 0.2) is 36.7 Å². The number of benzene rings is 1. The molecule has 4 atom stereocenters. The van der Waals surface area contributed by atoms with Gasteiger partial charge < -0.3 is 14.6 Å². The number of halogens is 3. The van der Waals surface area contributed by atoms with Gasteiger partial charge in [-0.15, -0.1) is 13.2 Å². The molecule has 4 unspecified atom stereocenters. The van der Waals surface area contributed by atoms with Gasteiger partial charge in [0.15, 0.2) is 0 Å². The second-order valence-corrected chi connectivity index (χ2v) is 7.15. The van der Waals surface area contributed by atoms with Crippen LogP contribution in [-0.2, 0) is 23.0 Å². The van der Waals surface area contributed by atoms with E-state index < -0.39 is 24.5 Å². The van der Waals surface area contributed by atoms with Gasteiger partial charge in [-0.1, -0.05) is 12.1 Å². The molecule has 164 valence electrons. The third-order valence-electron chi connectivity index (χ3n) is 5.09. The van der Waals surface area contributed by atoms with Gasteiger partial charge >= 0.3 is 12.3 Å². The molecule has 1 aromatic carbocycles. The van der Waals surface area contributed by atoms with Crippen LogP contribution in [-0.4, -0.2) is 46.6 Å². The van der Waals surface area contributed by atoms with E-state index >= 15 is 0 Å². The zero-order valence-corrected chi connectivity index (χ0v) is 16.4. The average molecular weight is 428 g/mol. The molecular formula is C19H23F3N4O4. The first-order chi connectivity index (χ1) is 14.2. The fourth-order valence-corrected chi connectivity index (χ4v) is 3.74. The van der Waals surface area contributed by atoms with Gasteiger partial charge in [0.1, 0.15) is 12.0 Å². The fraction of sp³-hybridized carbons (Fsp3) is 0.474. The molecular weight excluding hydrogens is 405 g/mol. The minimum atomic E-state index is -4.75. The van der Waals surface area contributed by atoms with E-state index in [9.17, 15) is 23.1 Å². The number of carbonyl (C=O) groups excluding carboxylic acids is 1. The van der Waals surface area contributed by atoms with Gasteiger partial charge in [0, 0.05) is 31.1 Å². The lowest BCUT2D eigenvalue weighted by molar-refractivity contribution is -0.274. The van der Waals surface area contributed by atoms with E-state index in [2.05, 4.69) is 20.7 Å². The number of nitrogens with zero attached hydrogens (tertiary/aromatic N) is 2. The van der Waals surface area contributed by atoms with Crippen molar-refractivity contribution in [2.45, 2.75) is 37.4 Å². The number of aliphatic hydroxyl groups excluding tert-OH is 1. The Morgan fingerprint density at radius 3 is 2.57 bits per heavy atom. The molecule has 0 saturated carbocycles. The van der Waals surface area contributed by atoms with Crippen LogP contribution in [0.4, 0.5) is 13.2 Å². The number of hydrazine groups is 1. The standard InChI is InChI=1S/C19H23F3N4O4/c1-26-10-12(9-23-26)14(8-16(27)29-2)17-15(24-25-18(17)28)7-11-3-5-13(6-4-11)30-19(20,21)22/h3-6,9-10,14-15,17-18,24-25,28H,7-8H2,1-2H3. The molecule has 1 aliphatic heterocycles. The Morgan fingerprint density at radius 2 is 2.00 bits per heavy atom. The average Bonchev–Trinajstić information content (AvgIpc) is 3.26. The quantitative estimate of drug-likeness (QED) is 0.577. The Bertz CT molecular complexity index is 856. The number of aryl methyl sites for hydroxylation is 1. The van der Waals surface area contributed by atoms with E-state index in [4.69, 9.17) is 4.74 Å². The molecule has 0 spiro atoms. The van der Waals surface area contributed by atoms with Crippen molar-refractivity contribution in [3.63, 3.8) is 0 Å². The van der Waals surface area contributed by atoms with E-state index in [0.717, 1.165) is 11.1 Å². The van der Waals surface area contributed by atoms with Crippen LogP contribution in [0.2, 0.25) is 0 Å². The summed E-state index contributed by atoms with van der Waals surface area (Å²) in [6, 6.07) is 5.24. The first-order valence-electron chi connectivity index (χ1n) is 9.25. The molecule has 3 N–H and O–H groups in total. The topological polar surface area (TPSA) is 97.6 Å². The highest BCUT2D eigenvalue weighted by molar-refractivity contribution is 5.70. The van der Waals surface area contributed by atoms with E-state index in [1.807, 2.05) is 0 Å². The van der Waals surface area contributed by atoms with Crippen LogP contribution in [0.25, 0.3) is 0 Å². The normalized spacial score (nSPS) is 22.7. The Labute approximate surface area is 170 Å². The van der Waals surface area contributed by atoms with Gasteiger partial charge in [-0.2, -0.15) is 5.10 Å². The molecule has 2 heterocycles. The Kier molecular flexibility index (Phi) is 6.64. The second kappa shape index (κ2) is 9.02. The van der Waals surface area contributed by atoms with Crippen molar-refractivity contribution in [3.8, 4) is 5.75 Å². The van der Waals surface area contributed by atoms with Crippen LogP contribution in [0.5, 0.6) is 5.75 Å². The number of rotatable bonds is 7. The second-order valence-electron chi connectivity index (χ2n) is 7.15. The summed E-state index contributed by atoms with van der Waals surface area (Å²) in [5.41, 5.74) is 7.31. The van der Waals surface area contributed by atoms with E-state index in [0.29, 0.717) is 6.42 Å². The smallest absolute Gasteiger partial charge is 0.469 e. The number of esters is 1. The molecule has 1 saturated heterocycles. The number of nitrogens with one attached hydrogen (secondary N) is 2. The molecule has 0 aliphatic carbocycles. The molecule has 0 bridgehead atoms. The molecule has 11 heteroatoms. The Morgan fingerprint density at radius 1 is 1.30 bits per heavy atom. The maximum absolute atomic E-state index is 12.3. The third-order valence-corrected chi connectivity index (χ3v) is 5.09. The number of ether oxygens (including phenoxy) is 2. The van der Waals surface area contributed by atoms with Crippen LogP contribution >= 0.6 is 0 Å². The lowest BCUT2D eigenvalue weighted by Crippen LogP contribution is -2.36. The Balaban J connectivity index is 1.79. The van der Waals surface area contributed by atoms with Crippen molar-refractivity contribution in [2.75, 3.05) is 7.11 Å². The zero-order valence-electron chi connectivity index (χ0n) is 16.4. The summed E-state index contributed by atoms with van der Waals surface area (Å²) in [6.45, 7) is 0. The van der Waals surface area contributed by atoms with Crippen LogP contribution in [0, 0.1) is 5.92 Å². The van der Waals surface area contributed by atoms with Crippen molar-refractivity contribution in [1.82, 2.24) is 20.6 Å². The van der Waals surface area contributed by atoms with Crippen molar-refractivity contribution in [1.29, 1.82) is 0 Å². The molecule has 8 nitrogen and oxygen atoms in total. The van der Waals surface area contributed by atoms with E-state index in [1.54, 1.807) is 24.1 Å². The van der Waals surface area contributed by atoms with Crippen LogP contribution in [0.3, 0.4) is 0 Å². The van der Waals surface area contributed by atoms with Crippen LogP contribution in [0.1, 0.15) is 23.5 Å². The summed E-state index contributed by atoms with van der Waals surface area (Å²) in [5, 5.41) is 14.7. The highest BCUT2D eigenvalue weighted by atomic mass is 19.4. The van der Waals surface area contributed by atoms with E-state index in [1.165, 1.54) is 31.4 Å². The van der Waals surface area contributed by atoms with Crippen molar-refractivity contribution >= 4 is 5.97 Å². The lowest BCUT2D eigenvalue weighted by atomic mass is 9.78. The maximum Gasteiger partial charge on any atom is 0.573 e. The SMILES string of the molecule is COC(=O)CC(c1cnn(C)c1)C1C(O)NNC1Cc1ccc(OC(F)(F)F)cc1. The third kappa shape index (κ3) is 5.49. The molecule has 1 aliphatic rings. The molecule has 1 fully saturated rings. The molecule has 2 aromatic rings. The fourth-order valence-electron chi connectivity index (χ4n) is 3.74. The number of carbonyl (C=O) groups is 1. The van der Waals surface area contributed by atoms with Gasteiger partial charge in [0.05, 0.1) is 19.7 Å². The highest BCUT2D eigenvalue weighted by Crippen LogP contribution is 2.36. The molecule has 30 heavy (non-hydrogen) atoms. The monoisotopic (exact) mass is 428 g/mol. The summed E-state index contributed by atoms with van der Waals surface area (Å²) in [5.74, 6) is -1.53. The molecule has 0 radical (unpaired) electrons. The van der Waals surface area contributed by atoms with Gasteiger partial charge in [-0.3, -0.25) is 14.9 Å². The predicted octanol–water partition coefficient (Wildman–Crippen LogP) is 1.62. The summed E-state index contributed by atoms with van der Waals surface area (Å²) in [6.07, 6.45) is -1.84. The van der Waals surface area contributed by atoms with Crippen molar-refractivity contribution < 1.29 is 32.5 Å². The van der Waals surface area contributed by atoms with Gasteiger partial charge in [0.2, 0.25) is 0 Å². The Hall–Kier alpha value is -2.63. The number of hydrogen-bond donors (Lipinski definition) is 3. The molecule has 1 aromatic heterocycles. The predicted molar refractivity (Wildman–Crippen MR) is 99.0 cm³/mol. The van der Waals surface area contributed by atoms with Gasteiger partial charge in [-0.05, 0) is 29.7 Å². The first kappa shape index (κ1) is 22.1. The van der Waals surface area contributed by atoms with Crippen LogP contribution < -0.4 is 15.6 Å². The minimum absolute atomic E-state index is 0.0438. The van der Waals surface area contributed by atoms with Crippen molar-refractivity contribution in [3.05, 3.63) is 47.8 Å². The summed E-state index contributed by atoms with van der Waals surface area (Å²) >= 11 is 0. The van der Waals surface area contributed by atoms with Crippen molar-refractivity contribution in [2.24, 2.45) is 13.0 Å². The summed E-state index contributed by atoms with van der Waals surface area (Å²) in [7, 11) is 3.05. The van der Waals surface area contributed by atoms with E-state index in [-0.39, 0.29) is 24.1 Å². The molecule has 3 rings (SSSR count). The largest absolute Gasteiger partial charge is 0.573 e. The maximum atomic E-state index is 12.3. The minimum Gasteiger partial charge on any atom is -0.469 e. The number of aromatic nitrogens is 2. The number of aliphatic hydroxyl groups is 1. The van der Waals surface area contributed by atoms with Gasteiger partial charge in [0.25, 0.3) is 0 Å². The summed E-state index contributed by atoms with van der Waals surface area (Å²) < 4.78 is 47.3. The summed E-state index contributed by atoms with van der Waals surface area (Å²) in [4.78, 5) is 12.0. The number of methoxy groups -OCH3 is 1. The zero-order chi connectivity index (χ0) is 21.9. The van der Waals surface area contributed by atoms with Gasteiger partial charge in [-0.25, -0.2) is 5.43 Å². The number of hydrogen-bond acceptors (Lipinski definition) is 7. The number of alkyl halides is 3. The highest BCUT2D eigenvalue weighted by Gasteiger charge is 2.42. The molecule has 0 amide bonds. The lowest BCUT2D eigenvalue weighted by Gasteiger charge is -2.28. The first-order valence-corrected chi connectivity index (χ1v) is 9.25.